The van der Waals surface area contributed by atoms with Crippen molar-refractivity contribution in [3.8, 4) is 5.75 Å². The second-order valence-electron chi connectivity index (χ2n) is 3.10. The van der Waals surface area contributed by atoms with Crippen LogP contribution in [0.2, 0.25) is 0 Å². The molecule has 0 aliphatic carbocycles. The fraction of sp³-hybridized carbons (Fsp3) is 0.300. The summed E-state index contributed by atoms with van der Waals surface area (Å²) in [5, 5.41) is 8.60. The van der Waals surface area contributed by atoms with Crippen molar-refractivity contribution in [3.63, 3.8) is 0 Å². The highest BCUT2D eigenvalue weighted by atomic mass is 79.9. The molecule has 15 heavy (non-hydrogen) atoms. The smallest absolute Gasteiger partial charge is 0.305 e. The number of hydrogen-bond acceptors (Lipinski definition) is 3. The largest absolute Gasteiger partial charge is 0.496 e. The third-order valence-corrected chi connectivity index (χ3v) is 2.62. The van der Waals surface area contributed by atoms with Crippen LogP contribution in [0, 0.1) is 0 Å². The van der Waals surface area contributed by atoms with Crippen LogP contribution in [0.5, 0.6) is 5.75 Å². The number of aliphatic carboxylic acids is 1. The molecule has 5 heteroatoms. The summed E-state index contributed by atoms with van der Waals surface area (Å²) in [7, 11) is 1.57. The van der Waals surface area contributed by atoms with Crippen LogP contribution in [0.15, 0.2) is 22.7 Å². The van der Waals surface area contributed by atoms with Gasteiger partial charge in [-0.1, -0.05) is 6.07 Å². The summed E-state index contributed by atoms with van der Waals surface area (Å²) >= 11 is 3.31. The van der Waals surface area contributed by atoms with Crippen molar-refractivity contribution in [1.29, 1.82) is 0 Å². The van der Waals surface area contributed by atoms with E-state index in [1.54, 1.807) is 25.3 Å². The Hall–Kier alpha value is -1.07. The van der Waals surface area contributed by atoms with Crippen LogP contribution in [0.25, 0.3) is 0 Å². The molecule has 0 saturated carbocycles. The lowest BCUT2D eigenvalue weighted by atomic mass is 10.0. The van der Waals surface area contributed by atoms with Gasteiger partial charge in [0, 0.05) is 6.04 Å². The molecule has 82 valence electrons. The van der Waals surface area contributed by atoms with Gasteiger partial charge < -0.3 is 15.6 Å². The van der Waals surface area contributed by atoms with Crippen molar-refractivity contribution in [2.24, 2.45) is 5.73 Å². The van der Waals surface area contributed by atoms with Gasteiger partial charge in [-0.05, 0) is 33.6 Å². The fourth-order valence-electron chi connectivity index (χ4n) is 1.22. The Balaban J connectivity index is 2.87. The second-order valence-corrected chi connectivity index (χ2v) is 3.95. The molecule has 0 unspecified atom stereocenters. The molecule has 0 radical (unpaired) electrons. The van der Waals surface area contributed by atoms with E-state index in [4.69, 9.17) is 15.6 Å². The molecule has 0 spiro atoms. The molecule has 0 amide bonds. The molecule has 0 heterocycles. The number of carboxylic acids is 1. The molecule has 0 bridgehead atoms. The van der Waals surface area contributed by atoms with E-state index in [1.165, 1.54) is 0 Å². The molecule has 3 N–H and O–H groups in total. The Kier molecular flexibility index (Phi) is 4.11. The monoisotopic (exact) mass is 273 g/mol. The van der Waals surface area contributed by atoms with E-state index in [9.17, 15) is 4.79 Å². The molecule has 1 rings (SSSR count). The first-order chi connectivity index (χ1) is 7.04. The number of benzene rings is 1. The first-order valence-electron chi connectivity index (χ1n) is 4.35. The van der Waals surface area contributed by atoms with E-state index in [0.29, 0.717) is 5.75 Å². The maximum absolute atomic E-state index is 10.5. The van der Waals surface area contributed by atoms with Gasteiger partial charge >= 0.3 is 5.97 Å². The predicted molar refractivity (Wildman–Crippen MR) is 59.9 cm³/mol. The normalized spacial score (nSPS) is 12.2. The Morgan fingerprint density at radius 1 is 1.67 bits per heavy atom. The summed E-state index contributed by atoms with van der Waals surface area (Å²) in [5.74, 6) is -0.212. The summed E-state index contributed by atoms with van der Waals surface area (Å²) < 4.78 is 5.82. The predicted octanol–water partition coefficient (Wildman–Crippen LogP) is 1.93. The molecule has 0 aliphatic heterocycles. The quantitative estimate of drug-likeness (QED) is 0.880. The van der Waals surface area contributed by atoms with Crippen molar-refractivity contribution in [1.82, 2.24) is 0 Å². The van der Waals surface area contributed by atoms with Gasteiger partial charge in [0.05, 0.1) is 18.0 Å². The number of carbonyl (C=O) groups is 1. The highest BCUT2D eigenvalue weighted by molar-refractivity contribution is 9.10. The highest BCUT2D eigenvalue weighted by Gasteiger charge is 2.12. The van der Waals surface area contributed by atoms with Crippen LogP contribution < -0.4 is 10.5 Å². The van der Waals surface area contributed by atoms with Crippen LogP contribution in [0.4, 0.5) is 0 Å². The van der Waals surface area contributed by atoms with Crippen LogP contribution in [-0.2, 0) is 4.79 Å². The van der Waals surface area contributed by atoms with Gasteiger partial charge in [0.1, 0.15) is 5.75 Å². The number of nitrogens with two attached hydrogens (primary N) is 1. The lowest BCUT2D eigenvalue weighted by molar-refractivity contribution is -0.137. The fourth-order valence-corrected chi connectivity index (χ4v) is 1.78. The molecule has 1 aromatic rings. The number of halogens is 1. The molecular weight excluding hydrogens is 262 g/mol. The first kappa shape index (κ1) is 12.0. The lowest BCUT2D eigenvalue weighted by Gasteiger charge is -2.11. The number of ether oxygens (including phenoxy) is 1. The Labute approximate surface area is 96.2 Å². The van der Waals surface area contributed by atoms with E-state index in [1.807, 2.05) is 0 Å². The minimum Gasteiger partial charge on any atom is -0.496 e. The van der Waals surface area contributed by atoms with E-state index >= 15 is 0 Å². The molecule has 4 nitrogen and oxygen atoms in total. The summed E-state index contributed by atoms with van der Waals surface area (Å²) in [6.45, 7) is 0. The number of carboxylic acid groups (broad SMARTS) is 1. The minimum atomic E-state index is -0.908. The molecule has 0 aliphatic rings. The highest BCUT2D eigenvalue weighted by Crippen LogP contribution is 2.28. The van der Waals surface area contributed by atoms with E-state index < -0.39 is 12.0 Å². The third kappa shape index (κ3) is 3.21. The molecule has 0 aromatic heterocycles. The minimum absolute atomic E-state index is 0.0846. The maximum Gasteiger partial charge on any atom is 0.305 e. The SMILES string of the molecule is COc1ccc([C@H](N)CC(=O)O)cc1Br. The van der Waals surface area contributed by atoms with E-state index in [2.05, 4.69) is 15.9 Å². The zero-order chi connectivity index (χ0) is 11.4. The van der Waals surface area contributed by atoms with Gasteiger partial charge in [-0.2, -0.15) is 0 Å². The zero-order valence-corrected chi connectivity index (χ0v) is 9.82. The lowest BCUT2D eigenvalue weighted by Crippen LogP contribution is -2.14. The van der Waals surface area contributed by atoms with Gasteiger partial charge in [-0.15, -0.1) is 0 Å². The van der Waals surface area contributed by atoms with Crippen molar-refractivity contribution < 1.29 is 14.6 Å². The number of rotatable bonds is 4. The van der Waals surface area contributed by atoms with Crippen molar-refractivity contribution >= 4 is 21.9 Å². The summed E-state index contributed by atoms with van der Waals surface area (Å²) in [5.41, 5.74) is 6.48. The molecule has 1 aromatic carbocycles. The van der Waals surface area contributed by atoms with Crippen molar-refractivity contribution in [2.45, 2.75) is 12.5 Å². The van der Waals surface area contributed by atoms with Gasteiger partial charge in [0.25, 0.3) is 0 Å². The number of hydrogen-bond donors (Lipinski definition) is 2. The van der Waals surface area contributed by atoms with Gasteiger partial charge in [0.15, 0.2) is 0 Å². The first-order valence-corrected chi connectivity index (χ1v) is 5.14. The van der Waals surface area contributed by atoms with Crippen molar-refractivity contribution in [3.05, 3.63) is 28.2 Å². The summed E-state index contributed by atoms with van der Waals surface area (Å²) in [4.78, 5) is 10.5. The van der Waals surface area contributed by atoms with E-state index in [-0.39, 0.29) is 6.42 Å². The van der Waals surface area contributed by atoms with Crippen LogP contribution in [0.1, 0.15) is 18.0 Å². The van der Waals surface area contributed by atoms with Gasteiger partial charge in [-0.3, -0.25) is 4.79 Å². The molecule has 0 saturated heterocycles. The zero-order valence-electron chi connectivity index (χ0n) is 8.24. The second kappa shape index (κ2) is 5.14. The Bertz CT molecular complexity index is 368. The Morgan fingerprint density at radius 2 is 2.33 bits per heavy atom. The van der Waals surface area contributed by atoms with Gasteiger partial charge in [0.2, 0.25) is 0 Å². The summed E-state index contributed by atoms with van der Waals surface area (Å²) in [6.07, 6.45) is -0.0846. The van der Waals surface area contributed by atoms with Crippen LogP contribution in [0.3, 0.4) is 0 Å². The third-order valence-electron chi connectivity index (χ3n) is 2.00. The average molecular weight is 274 g/mol. The maximum atomic E-state index is 10.5. The topological polar surface area (TPSA) is 72.5 Å². The van der Waals surface area contributed by atoms with Crippen LogP contribution >= 0.6 is 15.9 Å². The van der Waals surface area contributed by atoms with Gasteiger partial charge in [-0.25, -0.2) is 0 Å². The standard InChI is InChI=1S/C10H12BrNO3/c1-15-9-3-2-6(4-7(9)11)8(12)5-10(13)14/h2-4,8H,5,12H2,1H3,(H,13,14)/t8-/m1/s1. The Morgan fingerprint density at radius 3 is 2.80 bits per heavy atom. The summed E-state index contributed by atoms with van der Waals surface area (Å²) in [6, 6.07) is 4.79. The molecule has 1 atom stereocenters. The molecular formula is C10H12BrNO3. The average Bonchev–Trinajstić information content (AvgIpc) is 2.16. The van der Waals surface area contributed by atoms with E-state index in [0.717, 1.165) is 10.0 Å². The van der Waals surface area contributed by atoms with Crippen molar-refractivity contribution in [2.75, 3.05) is 7.11 Å². The molecule has 0 fully saturated rings. The number of methoxy groups -OCH3 is 1. The van der Waals surface area contributed by atoms with Crippen LogP contribution in [-0.4, -0.2) is 18.2 Å².